The third kappa shape index (κ3) is 2.25. The van der Waals surface area contributed by atoms with Gasteiger partial charge in [0.2, 0.25) is 0 Å². The molecule has 0 atom stereocenters. The predicted molar refractivity (Wildman–Crippen MR) is 43.4 cm³/mol. The highest BCUT2D eigenvalue weighted by molar-refractivity contribution is 5.84. The van der Waals surface area contributed by atoms with E-state index in [0.29, 0.717) is 5.69 Å². The van der Waals surface area contributed by atoms with Crippen molar-refractivity contribution in [2.24, 2.45) is 0 Å². The first-order valence-electron chi connectivity index (χ1n) is 3.41. The van der Waals surface area contributed by atoms with Crippen LogP contribution in [0.5, 0.6) is 0 Å². The minimum absolute atomic E-state index is 0.583. The summed E-state index contributed by atoms with van der Waals surface area (Å²) < 4.78 is 0. The van der Waals surface area contributed by atoms with Gasteiger partial charge in [-0.05, 0) is 19.1 Å². The van der Waals surface area contributed by atoms with E-state index in [2.05, 4.69) is 10.2 Å². The topological polar surface area (TPSA) is 60.6 Å². The van der Waals surface area contributed by atoms with Crippen molar-refractivity contribution in [3.8, 4) is 0 Å². The van der Waals surface area contributed by atoms with Crippen LogP contribution in [-0.4, -0.2) is 6.09 Å². The molecule has 4 heteroatoms. The van der Waals surface area contributed by atoms with Gasteiger partial charge < -0.3 is 4.84 Å². The molecule has 0 saturated heterocycles. The number of hydrogen-bond acceptors (Lipinski definition) is 2. The van der Waals surface area contributed by atoms with Crippen LogP contribution in [-0.2, 0) is 4.84 Å². The molecule has 0 aliphatic heterocycles. The molecule has 2 radical (unpaired) electrons. The standard InChI is InChI=1S/C8H8N2O2/c1-6-2-4-7(5-3-6)10-8(11)12-9/h2-5H,1H3,(H,10,11). The number of anilines is 1. The van der Waals surface area contributed by atoms with Crippen LogP contribution in [0.15, 0.2) is 24.3 Å². The van der Waals surface area contributed by atoms with E-state index < -0.39 is 6.09 Å². The van der Waals surface area contributed by atoms with E-state index in [1.807, 2.05) is 19.1 Å². The Bertz CT molecular complexity index is 269. The molecule has 0 unspecified atom stereocenters. The van der Waals surface area contributed by atoms with E-state index in [0.717, 1.165) is 5.56 Å². The molecule has 1 rings (SSSR count). The third-order valence-corrected chi connectivity index (χ3v) is 1.38. The Labute approximate surface area is 70.3 Å². The number of amides is 1. The van der Waals surface area contributed by atoms with Crippen LogP contribution < -0.4 is 11.2 Å². The Morgan fingerprint density at radius 2 is 2.00 bits per heavy atom. The summed E-state index contributed by atoms with van der Waals surface area (Å²) in [6.45, 7) is 1.94. The lowest BCUT2D eigenvalue weighted by Gasteiger charge is -2.00. The van der Waals surface area contributed by atoms with Gasteiger partial charge in [-0.15, -0.1) is 0 Å². The zero-order valence-electron chi connectivity index (χ0n) is 6.57. The smallest absolute Gasteiger partial charge is 0.310 e. The van der Waals surface area contributed by atoms with Crippen LogP contribution in [0.3, 0.4) is 0 Å². The summed E-state index contributed by atoms with van der Waals surface area (Å²) in [7, 11) is 0. The summed E-state index contributed by atoms with van der Waals surface area (Å²) in [5, 5.41) is 2.31. The first-order valence-corrected chi connectivity index (χ1v) is 3.41. The Kier molecular flexibility index (Phi) is 2.66. The molecule has 0 saturated carbocycles. The molecule has 0 bridgehead atoms. The van der Waals surface area contributed by atoms with Gasteiger partial charge in [0, 0.05) is 5.69 Å². The SMILES string of the molecule is Cc1ccc(NC(=O)O[N])cc1. The number of benzene rings is 1. The van der Waals surface area contributed by atoms with Gasteiger partial charge in [-0.25, -0.2) is 4.79 Å². The Morgan fingerprint density at radius 3 is 2.50 bits per heavy atom. The van der Waals surface area contributed by atoms with Crippen LogP contribution in [0, 0.1) is 6.92 Å². The maximum absolute atomic E-state index is 10.5. The molecule has 62 valence electrons. The molecule has 1 N–H and O–H groups in total. The minimum Gasteiger partial charge on any atom is -0.310 e. The Hall–Kier alpha value is -1.55. The Morgan fingerprint density at radius 1 is 1.42 bits per heavy atom. The van der Waals surface area contributed by atoms with Crippen LogP contribution in [0.4, 0.5) is 10.5 Å². The summed E-state index contributed by atoms with van der Waals surface area (Å²) in [6.07, 6.45) is -0.890. The fourth-order valence-corrected chi connectivity index (χ4v) is 0.778. The van der Waals surface area contributed by atoms with E-state index in [4.69, 9.17) is 5.90 Å². The lowest BCUT2D eigenvalue weighted by molar-refractivity contribution is 0.154. The number of nitrogens with one attached hydrogen (secondary N) is 1. The highest BCUT2D eigenvalue weighted by Crippen LogP contribution is 2.08. The molecule has 0 fully saturated rings. The highest BCUT2D eigenvalue weighted by atomic mass is 16.7. The number of hydrogen-bond donors (Lipinski definition) is 1. The van der Waals surface area contributed by atoms with Gasteiger partial charge in [0.1, 0.15) is 5.90 Å². The van der Waals surface area contributed by atoms with Crippen LogP contribution >= 0.6 is 0 Å². The first-order chi connectivity index (χ1) is 5.72. The maximum Gasteiger partial charge on any atom is 0.433 e. The molecule has 12 heavy (non-hydrogen) atoms. The quantitative estimate of drug-likeness (QED) is 0.640. The molecule has 4 nitrogen and oxygen atoms in total. The maximum atomic E-state index is 10.5. The van der Waals surface area contributed by atoms with Crippen molar-refractivity contribution in [3.05, 3.63) is 29.8 Å². The monoisotopic (exact) mass is 164 g/mol. The molecule has 0 aromatic heterocycles. The fourth-order valence-electron chi connectivity index (χ4n) is 0.778. The van der Waals surface area contributed by atoms with E-state index in [1.54, 1.807) is 12.1 Å². The molecule has 1 aromatic carbocycles. The molecule has 0 aliphatic carbocycles. The lowest BCUT2D eigenvalue weighted by Crippen LogP contribution is -2.11. The second kappa shape index (κ2) is 3.73. The van der Waals surface area contributed by atoms with Gasteiger partial charge in [-0.1, -0.05) is 17.7 Å². The summed E-state index contributed by atoms with van der Waals surface area (Å²) >= 11 is 0. The van der Waals surface area contributed by atoms with Crippen LogP contribution in [0.25, 0.3) is 0 Å². The summed E-state index contributed by atoms with van der Waals surface area (Å²) in [5.41, 5.74) is 1.68. The highest BCUT2D eigenvalue weighted by Gasteiger charge is 1.99. The second-order valence-corrected chi connectivity index (χ2v) is 2.37. The van der Waals surface area contributed by atoms with Gasteiger partial charge in [0.05, 0.1) is 0 Å². The molecular weight excluding hydrogens is 156 g/mol. The number of nitrogens with zero attached hydrogens (tertiary/aromatic N) is 1. The minimum atomic E-state index is -0.890. The van der Waals surface area contributed by atoms with Gasteiger partial charge in [-0.3, -0.25) is 5.32 Å². The van der Waals surface area contributed by atoms with Crippen molar-refractivity contribution >= 4 is 11.8 Å². The predicted octanol–water partition coefficient (Wildman–Crippen LogP) is 1.53. The van der Waals surface area contributed by atoms with E-state index in [9.17, 15) is 4.79 Å². The molecule has 1 aromatic rings. The molecular formula is C8H8N2O2. The lowest BCUT2D eigenvalue weighted by atomic mass is 10.2. The van der Waals surface area contributed by atoms with Gasteiger partial charge in [0.25, 0.3) is 0 Å². The van der Waals surface area contributed by atoms with Crippen molar-refractivity contribution in [3.63, 3.8) is 0 Å². The number of carbonyl (C=O) groups excluding carboxylic acids is 1. The van der Waals surface area contributed by atoms with Gasteiger partial charge >= 0.3 is 6.09 Å². The van der Waals surface area contributed by atoms with Gasteiger partial charge in [0.15, 0.2) is 0 Å². The second-order valence-electron chi connectivity index (χ2n) is 2.37. The fraction of sp³-hybridized carbons (Fsp3) is 0.125. The zero-order valence-corrected chi connectivity index (χ0v) is 6.57. The van der Waals surface area contributed by atoms with E-state index >= 15 is 0 Å². The van der Waals surface area contributed by atoms with Crippen molar-refractivity contribution in [1.82, 2.24) is 5.90 Å². The average molecular weight is 164 g/mol. The number of aryl methyl sites for hydroxylation is 1. The first kappa shape index (κ1) is 8.55. The summed E-state index contributed by atoms with van der Waals surface area (Å²) in [5.74, 6) is 7.94. The number of rotatable bonds is 1. The third-order valence-electron chi connectivity index (χ3n) is 1.38. The molecule has 1 amide bonds. The largest absolute Gasteiger partial charge is 0.433 e. The van der Waals surface area contributed by atoms with Crippen molar-refractivity contribution < 1.29 is 9.63 Å². The molecule has 0 heterocycles. The van der Waals surface area contributed by atoms with Gasteiger partial charge in [-0.2, -0.15) is 0 Å². The van der Waals surface area contributed by atoms with E-state index in [1.165, 1.54) is 0 Å². The van der Waals surface area contributed by atoms with Crippen molar-refractivity contribution in [1.29, 1.82) is 0 Å². The van der Waals surface area contributed by atoms with Crippen LogP contribution in [0.1, 0.15) is 5.56 Å². The Balaban J connectivity index is 2.64. The van der Waals surface area contributed by atoms with E-state index in [-0.39, 0.29) is 0 Å². The van der Waals surface area contributed by atoms with Crippen molar-refractivity contribution in [2.75, 3.05) is 5.32 Å². The normalized spacial score (nSPS) is 9.17. The zero-order chi connectivity index (χ0) is 8.97. The average Bonchev–Trinajstić information content (AvgIpc) is 2.09. The summed E-state index contributed by atoms with van der Waals surface area (Å²) in [6, 6.07) is 7.11. The van der Waals surface area contributed by atoms with Crippen molar-refractivity contribution in [2.45, 2.75) is 6.92 Å². The number of carbonyl (C=O) groups is 1. The van der Waals surface area contributed by atoms with Crippen LogP contribution in [0.2, 0.25) is 0 Å². The molecule has 0 aliphatic rings. The summed E-state index contributed by atoms with van der Waals surface area (Å²) in [4.78, 5) is 13.9. The molecule has 0 spiro atoms.